The third-order valence-electron chi connectivity index (χ3n) is 5.04. The van der Waals surface area contributed by atoms with Gasteiger partial charge in [-0.2, -0.15) is 5.26 Å². The summed E-state index contributed by atoms with van der Waals surface area (Å²) in [5.41, 5.74) is 2.97. The van der Waals surface area contributed by atoms with Crippen LogP contribution in [0.5, 0.6) is 23.0 Å². The second-order valence-electron chi connectivity index (χ2n) is 7.36. The lowest BCUT2D eigenvalue weighted by atomic mass is 10.1. The number of hydrogen-bond acceptors (Lipinski definition) is 6. The zero-order valence-corrected chi connectivity index (χ0v) is 19.5. The van der Waals surface area contributed by atoms with Gasteiger partial charge in [0.15, 0.2) is 0 Å². The van der Waals surface area contributed by atoms with E-state index in [4.69, 9.17) is 18.9 Å². The number of anilines is 1. The van der Waals surface area contributed by atoms with Gasteiger partial charge in [-0.15, -0.1) is 0 Å². The molecule has 3 aromatic rings. The van der Waals surface area contributed by atoms with Crippen molar-refractivity contribution in [1.29, 1.82) is 5.26 Å². The highest BCUT2D eigenvalue weighted by molar-refractivity contribution is 6.10. The van der Waals surface area contributed by atoms with E-state index in [0.29, 0.717) is 40.9 Å². The molecule has 0 unspecified atom stereocenters. The molecule has 3 rings (SSSR count). The van der Waals surface area contributed by atoms with Gasteiger partial charge in [0.1, 0.15) is 41.2 Å². The predicted octanol–water partition coefficient (Wildman–Crippen LogP) is 5.15. The molecule has 0 atom stereocenters. The number of nitrogens with zero attached hydrogens (tertiary/aromatic N) is 1. The molecule has 0 aliphatic heterocycles. The van der Waals surface area contributed by atoms with Gasteiger partial charge in [-0.3, -0.25) is 4.79 Å². The van der Waals surface area contributed by atoms with Crippen molar-refractivity contribution in [3.05, 3.63) is 82.9 Å². The van der Waals surface area contributed by atoms with Crippen molar-refractivity contribution < 1.29 is 23.7 Å². The van der Waals surface area contributed by atoms with Gasteiger partial charge < -0.3 is 24.3 Å². The van der Waals surface area contributed by atoms with Crippen LogP contribution in [0.1, 0.15) is 16.7 Å². The molecule has 0 fully saturated rings. The van der Waals surface area contributed by atoms with Crippen LogP contribution in [0.15, 0.2) is 66.2 Å². The highest BCUT2D eigenvalue weighted by atomic mass is 16.5. The van der Waals surface area contributed by atoms with E-state index in [2.05, 4.69) is 5.32 Å². The van der Waals surface area contributed by atoms with Crippen molar-refractivity contribution in [2.75, 3.05) is 26.6 Å². The number of hydrogen-bond donors (Lipinski definition) is 1. The van der Waals surface area contributed by atoms with Gasteiger partial charge in [0.25, 0.3) is 5.91 Å². The highest BCUT2D eigenvalue weighted by Crippen LogP contribution is 2.27. The van der Waals surface area contributed by atoms with Crippen LogP contribution in [0.25, 0.3) is 6.08 Å². The smallest absolute Gasteiger partial charge is 0.266 e. The number of rotatable bonds is 9. The Balaban J connectivity index is 1.70. The number of amides is 1. The molecule has 174 valence electrons. The first-order chi connectivity index (χ1) is 16.5. The van der Waals surface area contributed by atoms with Crippen molar-refractivity contribution in [2.24, 2.45) is 0 Å². The lowest BCUT2D eigenvalue weighted by Gasteiger charge is -2.12. The molecule has 0 radical (unpaired) electrons. The van der Waals surface area contributed by atoms with E-state index in [0.717, 1.165) is 11.1 Å². The first-order valence-electron chi connectivity index (χ1n) is 10.5. The second-order valence-corrected chi connectivity index (χ2v) is 7.36. The molecular formula is C27H26N2O5. The molecule has 0 aliphatic rings. The molecule has 0 spiro atoms. The van der Waals surface area contributed by atoms with E-state index in [1.54, 1.807) is 50.6 Å². The number of nitrogens with one attached hydrogen (secondary N) is 1. The van der Waals surface area contributed by atoms with Crippen molar-refractivity contribution in [1.82, 2.24) is 0 Å². The van der Waals surface area contributed by atoms with Crippen molar-refractivity contribution in [2.45, 2.75) is 13.5 Å². The molecule has 0 aliphatic carbocycles. The van der Waals surface area contributed by atoms with E-state index in [-0.39, 0.29) is 5.57 Å². The molecule has 7 heteroatoms. The molecule has 34 heavy (non-hydrogen) atoms. The number of aryl methyl sites for hydroxylation is 1. The minimum atomic E-state index is -0.517. The number of nitriles is 1. The van der Waals surface area contributed by atoms with Crippen molar-refractivity contribution in [3.63, 3.8) is 0 Å². The number of ether oxygens (including phenoxy) is 4. The Kier molecular flexibility index (Phi) is 8.14. The molecule has 3 aromatic carbocycles. The Bertz CT molecular complexity index is 1230. The topological polar surface area (TPSA) is 89.8 Å². The van der Waals surface area contributed by atoms with Crippen LogP contribution >= 0.6 is 0 Å². The SMILES string of the molecule is COc1ccc(OC)c(COc2ccc(/C=C(\C#N)C(=O)Nc3cc(C)ccc3OC)cc2)c1. The Morgan fingerprint density at radius 2 is 1.59 bits per heavy atom. The lowest BCUT2D eigenvalue weighted by molar-refractivity contribution is -0.112. The van der Waals surface area contributed by atoms with E-state index in [9.17, 15) is 10.1 Å². The second kappa shape index (κ2) is 11.4. The Labute approximate surface area is 199 Å². The van der Waals surface area contributed by atoms with Gasteiger partial charge in [0.2, 0.25) is 0 Å². The summed E-state index contributed by atoms with van der Waals surface area (Å²) in [5.74, 6) is 2.05. The van der Waals surface area contributed by atoms with Gasteiger partial charge >= 0.3 is 0 Å². The Morgan fingerprint density at radius 3 is 2.24 bits per heavy atom. The maximum absolute atomic E-state index is 12.7. The lowest BCUT2D eigenvalue weighted by Crippen LogP contribution is -2.14. The highest BCUT2D eigenvalue weighted by Gasteiger charge is 2.13. The number of carbonyl (C=O) groups excluding carboxylic acids is 1. The minimum absolute atomic E-state index is 0.0293. The van der Waals surface area contributed by atoms with Crippen LogP contribution < -0.4 is 24.3 Å². The van der Waals surface area contributed by atoms with Crippen LogP contribution in [-0.2, 0) is 11.4 Å². The molecule has 0 saturated carbocycles. The van der Waals surface area contributed by atoms with E-state index in [1.807, 2.05) is 37.3 Å². The summed E-state index contributed by atoms with van der Waals surface area (Å²) in [6.07, 6.45) is 1.52. The summed E-state index contributed by atoms with van der Waals surface area (Å²) in [6.45, 7) is 2.20. The van der Waals surface area contributed by atoms with Crippen LogP contribution in [0.4, 0.5) is 5.69 Å². The molecule has 0 bridgehead atoms. The Morgan fingerprint density at radius 1 is 0.912 bits per heavy atom. The van der Waals surface area contributed by atoms with Crippen LogP contribution in [-0.4, -0.2) is 27.2 Å². The maximum atomic E-state index is 12.7. The molecule has 0 heterocycles. The number of methoxy groups -OCH3 is 3. The fourth-order valence-electron chi connectivity index (χ4n) is 3.24. The van der Waals surface area contributed by atoms with E-state index < -0.39 is 5.91 Å². The quantitative estimate of drug-likeness (QED) is 0.353. The normalized spacial score (nSPS) is 10.7. The minimum Gasteiger partial charge on any atom is -0.497 e. The first kappa shape index (κ1) is 24.2. The third kappa shape index (κ3) is 6.08. The Hall–Kier alpha value is -4.44. The standard InChI is InChI=1S/C27H26N2O5/c1-18-5-11-26(33-4)24(13-18)29-27(30)20(16-28)14-19-6-8-22(9-7-19)34-17-21-15-23(31-2)10-12-25(21)32-3/h5-15H,17H2,1-4H3,(H,29,30)/b20-14+. The molecular weight excluding hydrogens is 432 g/mol. The average Bonchev–Trinajstić information content (AvgIpc) is 2.86. The van der Waals surface area contributed by atoms with Gasteiger partial charge in [-0.05, 0) is 66.6 Å². The summed E-state index contributed by atoms with van der Waals surface area (Å²) in [4.78, 5) is 12.7. The zero-order valence-electron chi connectivity index (χ0n) is 19.5. The summed E-state index contributed by atoms with van der Waals surface area (Å²) in [6, 6.07) is 20.0. The zero-order chi connectivity index (χ0) is 24.5. The van der Waals surface area contributed by atoms with E-state index >= 15 is 0 Å². The molecule has 7 nitrogen and oxygen atoms in total. The molecule has 1 N–H and O–H groups in total. The molecule has 0 saturated heterocycles. The predicted molar refractivity (Wildman–Crippen MR) is 130 cm³/mol. The van der Waals surface area contributed by atoms with Crippen LogP contribution in [0, 0.1) is 18.3 Å². The van der Waals surface area contributed by atoms with Crippen LogP contribution in [0.3, 0.4) is 0 Å². The molecule has 1 amide bonds. The first-order valence-corrected chi connectivity index (χ1v) is 10.5. The van der Waals surface area contributed by atoms with Crippen LogP contribution in [0.2, 0.25) is 0 Å². The third-order valence-corrected chi connectivity index (χ3v) is 5.04. The van der Waals surface area contributed by atoms with Gasteiger partial charge in [0.05, 0.1) is 27.0 Å². The van der Waals surface area contributed by atoms with Gasteiger partial charge in [-0.25, -0.2) is 0 Å². The fourth-order valence-corrected chi connectivity index (χ4v) is 3.24. The van der Waals surface area contributed by atoms with Crippen molar-refractivity contribution >= 4 is 17.7 Å². The number of carbonyl (C=O) groups is 1. The summed E-state index contributed by atoms with van der Waals surface area (Å²) in [7, 11) is 4.73. The van der Waals surface area contributed by atoms with Crippen molar-refractivity contribution in [3.8, 4) is 29.1 Å². The van der Waals surface area contributed by atoms with Gasteiger partial charge in [0, 0.05) is 5.56 Å². The molecule has 0 aromatic heterocycles. The average molecular weight is 459 g/mol. The largest absolute Gasteiger partial charge is 0.497 e. The fraction of sp³-hybridized carbons (Fsp3) is 0.185. The van der Waals surface area contributed by atoms with E-state index in [1.165, 1.54) is 13.2 Å². The number of benzene rings is 3. The summed E-state index contributed by atoms with van der Waals surface area (Å²) >= 11 is 0. The van der Waals surface area contributed by atoms with Gasteiger partial charge in [-0.1, -0.05) is 18.2 Å². The summed E-state index contributed by atoms with van der Waals surface area (Å²) < 4.78 is 21.8. The monoisotopic (exact) mass is 458 g/mol. The summed E-state index contributed by atoms with van der Waals surface area (Å²) in [5, 5.41) is 12.3. The maximum Gasteiger partial charge on any atom is 0.266 e.